The fraction of sp³-hybridized carbons (Fsp3) is 0.364. The van der Waals surface area contributed by atoms with Crippen molar-refractivity contribution in [2.75, 3.05) is 13.2 Å². The van der Waals surface area contributed by atoms with E-state index in [2.05, 4.69) is 34.6 Å². The van der Waals surface area contributed by atoms with Gasteiger partial charge in [0, 0.05) is 5.56 Å². The normalized spacial score (nSPS) is 13.9. The van der Waals surface area contributed by atoms with Crippen molar-refractivity contribution in [3.05, 3.63) is 53.6 Å². The van der Waals surface area contributed by atoms with Crippen LogP contribution in [0.2, 0.25) is 0 Å². The lowest BCUT2D eigenvalue weighted by atomic mass is 9.95. The van der Waals surface area contributed by atoms with E-state index in [1.165, 1.54) is 4.80 Å². The number of nitrogens with one attached hydrogen (secondary N) is 1. The molecular formula is C22H25N5O3. The first-order valence-corrected chi connectivity index (χ1v) is 10.0. The van der Waals surface area contributed by atoms with Gasteiger partial charge in [-0.25, -0.2) is 0 Å². The van der Waals surface area contributed by atoms with Gasteiger partial charge in [-0.1, -0.05) is 44.2 Å². The molecule has 1 atom stereocenters. The first-order chi connectivity index (χ1) is 14.5. The van der Waals surface area contributed by atoms with Crippen molar-refractivity contribution in [2.24, 2.45) is 5.92 Å². The molecule has 156 valence electrons. The summed E-state index contributed by atoms with van der Waals surface area (Å²) in [5, 5.41) is 15.6. The summed E-state index contributed by atoms with van der Waals surface area (Å²) in [5.74, 6) is 1.95. The molecule has 0 spiro atoms. The van der Waals surface area contributed by atoms with Crippen LogP contribution in [-0.4, -0.2) is 39.3 Å². The zero-order chi connectivity index (χ0) is 21.1. The van der Waals surface area contributed by atoms with Gasteiger partial charge in [0.2, 0.25) is 11.7 Å². The van der Waals surface area contributed by atoms with E-state index in [-0.39, 0.29) is 24.4 Å². The van der Waals surface area contributed by atoms with Crippen LogP contribution in [0.1, 0.15) is 31.0 Å². The number of carbonyl (C=O) groups excluding carboxylic acids is 1. The minimum Gasteiger partial charge on any atom is -0.486 e. The van der Waals surface area contributed by atoms with Crippen molar-refractivity contribution in [3.8, 4) is 22.9 Å². The van der Waals surface area contributed by atoms with Gasteiger partial charge in [-0.15, -0.1) is 10.2 Å². The Bertz CT molecular complexity index is 1050. The molecule has 0 aliphatic carbocycles. The van der Waals surface area contributed by atoms with Crippen molar-refractivity contribution >= 4 is 5.91 Å². The highest BCUT2D eigenvalue weighted by atomic mass is 16.6. The molecule has 4 rings (SSSR count). The predicted octanol–water partition coefficient (Wildman–Crippen LogP) is 2.93. The molecular weight excluding hydrogens is 382 g/mol. The van der Waals surface area contributed by atoms with E-state index in [0.717, 1.165) is 22.4 Å². The Morgan fingerprint density at radius 3 is 2.67 bits per heavy atom. The van der Waals surface area contributed by atoms with Gasteiger partial charge in [-0.05, 0) is 41.3 Å². The topological polar surface area (TPSA) is 91.2 Å². The summed E-state index contributed by atoms with van der Waals surface area (Å²) in [6, 6.07) is 13.4. The lowest BCUT2D eigenvalue weighted by molar-refractivity contribution is -0.123. The summed E-state index contributed by atoms with van der Waals surface area (Å²) in [7, 11) is 0. The maximum atomic E-state index is 12.7. The van der Waals surface area contributed by atoms with Crippen LogP contribution in [0.5, 0.6) is 11.5 Å². The van der Waals surface area contributed by atoms with Gasteiger partial charge in [0.15, 0.2) is 11.5 Å². The number of nitrogens with zero attached hydrogens (tertiary/aromatic N) is 4. The molecule has 0 saturated heterocycles. The van der Waals surface area contributed by atoms with E-state index in [9.17, 15) is 4.79 Å². The number of fused-ring (bicyclic) bond motifs is 1. The third kappa shape index (κ3) is 4.27. The van der Waals surface area contributed by atoms with Crippen molar-refractivity contribution in [1.82, 2.24) is 25.5 Å². The standard InChI is InChI=1S/C22H25N5O3/c1-14(2)21(16-8-9-18-19(12-16)30-11-10-29-18)23-20(28)13-27-25-22(24-26-27)17-7-5-4-6-15(17)3/h4-9,12,14,21H,10-11,13H2,1-3H3,(H,23,28)/t21-/m0/s1. The largest absolute Gasteiger partial charge is 0.486 e. The van der Waals surface area contributed by atoms with E-state index < -0.39 is 0 Å². The number of aryl methyl sites for hydroxylation is 1. The van der Waals surface area contributed by atoms with Crippen molar-refractivity contribution in [3.63, 3.8) is 0 Å². The molecule has 2 heterocycles. The number of hydrogen-bond acceptors (Lipinski definition) is 6. The molecule has 30 heavy (non-hydrogen) atoms. The fourth-order valence-corrected chi connectivity index (χ4v) is 3.48. The van der Waals surface area contributed by atoms with Crippen LogP contribution < -0.4 is 14.8 Å². The van der Waals surface area contributed by atoms with E-state index in [0.29, 0.717) is 24.8 Å². The summed E-state index contributed by atoms with van der Waals surface area (Å²) in [6.07, 6.45) is 0. The van der Waals surface area contributed by atoms with Gasteiger partial charge in [-0.2, -0.15) is 4.80 Å². The Morgan fingerprint density at radius 1 is 1.13 bits per heavy atom. The Morgan fingerprint density at radius 2 is 1.90 bits per heavy atom. The summed E-state index contributed by atoms with van der Waals surface area (Å²) in [5.41, 5.74) is 2.93. The minimum absolute atomic E-state index is 0.00729. The molecule has 1 amide bonds. The molecule has 2 aromatic carbocycles. The van der Waals surface area contributed by atoms with Crippen molar-refractivity contribution in [1.29, 1.82) is 0 Å². The summed E-state index contributed by atoms with van der Waals surface area (Å²) >= 11 is 0. The minimum atomic E-state index is -0.183. The van der Waals surface area contributed by atoms with Crippen molar-refractivity contribution in [2.45, 2.75) is 33.4 Å². The molecule has 0 saturated carbocycles. The maximum Gasteiger partial charge on any atom is 0.244 e. The lowest BCUT2D eigenvalue weighted by Gasteiger charge is -2.25. The highest BCUT2D eigenvalue weighted by Crippen LogP contribution is 2.34. The Balaban J connectivity index is 1.46. The second kappa shape index (κ2) is 8.52. The SMILES string of the molecule is Cc1ccccc1-c1nnn(CC(=O)N[C@H](c2ccc3c(c2)OCCO3)C(C)C)n1. The van der Waals surface area contributed by atoms with Crippen LogP contribution in [0, 0.1) is 12.8 Å². The Kier molecular flexibility index (Phi) is 5.65. The monoisotopic (exact) mass is 407 g/mol. The van der Waals surface area contributed by atoms with Gasteiger partial charge >= 0.3 is 0 Å². The van der Waals surface area contributed by atoms with Crippen LogP contribution in [0.25, 0.3) is 11.4 Å². The number of ether oxygens (including phenoxy) is 2. The van der Waals surface area contributed by atoms with Gasteiger partial charge in [0.25, 0.3) is 0 Å². The van der Waals surface area contributed by atoms with Gasteiger partial charge in [0.05, 0.1) is 6.04 Å². The highest BCUT2D eigenvalue weighted by molar-refractivity contribution is 5.76. The Labute approximate surface area is 175 Å². The smallest absolute Gasteiger partial charge is 0.244 e. The molecule has 0 radical (unpaired) electrons. The summed E-state index contributed by atoms with van der Waals surface area (Å²) in [6.45, 7) is 7.18. The first kappa shape index (κ1) is 19.9. The number of aromatic nitrogens is 4. The molecule has 3 aromatic rings. The van der Waals surface area contributed by atoms with Crippen LogP contribution in [-0.2, 0) is 11.3 Å². The molecule has 1 aliphatic rings. The molecule has 8 nitrogen and oxygen atoms in total. The predicted molar refractivity (Wildman–Crippen MR) is 111 cm³/mol. The molecule has 0 unspecified atom stereocenters. The second-order valence-electron chi connectivity index (χ2n) is 7.65. The zero-order valence-electron chi connectivity index (χ0n) is 17.3. The number of carbonyl (C=O) groups is 1. The quantitative estimate of drug-likeness (QED) is 0.676. The third-order valence-electron chi connectivity index (χ3n) is 5.03. The van der Waals surface area contributed by atoms with Crippen LogP contribution in [0.15, 0.2) is 42.5 Å². The van der Waals surface area contributed by atoms with E-state index in [1.807, 2.05) is 49.4 Å². The maximum absolute atomic E-state index is 12.7. The molecule has 8 heteroatoms. The van der Waals surface area contributed by atoms with E-state index >= 15 is 0 Å². The van der Waals surface area contributed by atoms with Crippen LogP contribution in [0.4, 0.5) is 0 Å². The van der Waals surface area contributed by atoms with E-state index in [4.69, 9.17) is 9.47 Å². The van der Waals surface area contributed by atoms with Gasteiger partial charge in [0.1, 0.15) is 19.8 Å². The first-order valence-electron chi connectivity index (χ1n) is 10.0. The lowest BCUT2D eigenvalue weighted by Crippen LogP contribution is -2.34. The average molecular weight is 407 g/mol. The van der Waals surface area contributed by atoms with Crippen LogP contribution in [0.3, 0.4) is 0 Å². The number of tetrazole rings is 1. The second-order valence-corrected chi connectivity index (χ2v) is 7.65. The van der Waals surface area contributed by atoms with E-state index in [1.54, 1.807) is 0 Å². The van der Waals surface area contributed by atoms with Crippen molar-refractivity contribution < 1.29 is 14.3 Å². The van der Waals surface area contributed by atoms with Gasteiger partial charge < -0.3 is 14.8 Å². The molecule has 0 fully saturated rings. The zero-order valence-corrected chi connectivity index (χ0v) is 17.3. The molecule has 1 aliphatic heterocycles. The van der Waals surface area contributed by atoms with Crippen LogP contribution >= 0.6 is 0 Å². The highest BCUT2D eigenvalue weighted by Gasteiger charge is 2.22. The molecule has 0 bridgehead atoms. The molecule has 1 N–H and O–H groups in total. The number of benzene rings is 2. The number of hydrogen-bond donors (Lipinski definition) is 1. The number of rotatable bonds is 6. The molecule has 1 aromatic heterocycles. The van der Waals surface area contributed by atoms with Gasteiger partial charge in [-0.3, -0.25) is 4.79 Å². The average Bonchev–Trinajstić information content (AvgIpc) is 3.20. The third-order valence-corrected chi connectivity index (χ3v) is 5.03. The fourth-order valence-electron chi connectivity index (χ4n) is 3.48. The Hall–Kier alpha value is -3.42. The number of amides is 1. The summed E-state index contributed by atoms with van der Waals surface area (Å²) < 4.78 is 11.3. The summed E-state index contributed by atoms with van der Waals surface area (Å²) in [4.78, 5) is 14.0.